The van der Waals surface area contributed by atoms with E-state index in [1.54, 1.807) is 6.20 Å². The maximum absolute atomic E-state index is 5.37. The number of aromatic nitrogens is 1. The minimum atomic E-state index is 0.808. The number of ether oxygens (including phenoxy) is 1. The van der Waals surface area contributed by atoms with Gasteiger partial charge in [-0.3, -0.25) is 0 Å². The van der Waals surface area contributed by atoms with E-state index in [0.717, 1.165) is 42.3 Å². The lowest BCUT2D eigenvalue weighted by molar-refractivity contribution is 0.122. The zero-order valence-corrected chi connectivity index (χ0v) is 12.6. The summed E-state index contributed by atoms with van der Waals surface area (Å²) in [5, 5.41) is 3.29. The average molecular weight is 334 g/mol. The van der Waals surface area contributed by atoms with Gasteiger partial charge in [0.1, 0.15) is 5.82 Å². The summed E-state index contributed by atoms with van der Waals surface area (Å²) in [7, 11) is 0. The Hall–Kier alpha value is -1.59. The molecule has 0 unspecified atom stereocenters. The Labute approximate surface area is 126 Å². The number of halogens is 1. The van der Waals surface area contributed by atoms with Crippen LogP contribution in [0.25, 0.3) is 0 Å². The molecule has 0 aliphatic carbocycles. The van der Waals surface area contributed by atoms with Gasteiger partial charge in [-0.05, 0) is 52.3 Å². The van der Waals surface area contributed by atoms with Gasteiger partial charge in [0.05, 0.1) is 13.2 Å². The zero-order valence-electron chi connectivity index (χ0n) is 11.1. The molecule has 104 valence electrons. The molecule has 0 amide bonds. The van der Waals surface area contributed by atoms with Crippen LogP contribution in [0, 0.1) is 0 Å². The fourth-order valence-corrected chi connectivity index (χ4v) is 2.41. The van der Waals surface area contributed by atoms with E-state index < -0.39 is 0 Å². The number of hydrogen-bond acceptors (Lipinski definition) is 4. The summed E-state index contributed by atoms with van der Waals surface area (Å²) in [6.45, 7) is 3.54. The summed E-state index contributed by atoms with van der Waals surface area (Å²) in [5.41, 5.74) is 2.28. The van der Waals surface area contributed by atoms with E-state index in [4.69, 9.17) is 4.74 Å². The van der Waals surface area contributed by atoms with Gasteiger partial charge in [0.15, 0.2) is 0 Å². The number of pyridine rings is 1. The van der Waals surface area contributed by atoms with Crippen molar-refractivity contribution in [1.82, 2.24) is 4.98 Å². The van der Waals surface area contributed by atoms with Crippen LogP contribution >= 0.6 is 15.9 Å². The van der Waals surface area contributed by atoms with Crippen LogP contribution in [0.5, 0.6) is 0 Å². The van der Waals surface area contributed by atoms with Gasteiger partial charge in [-0.1, -0.05) is 0 Å². The lowest BCUT2D eigenvalue weighted by Gasteiger charge is -2.28. The van der Waals surface area contributed by atoms with Crippen LogP contribution in [-0.4, -0.2) is 31.3 Å². The molecule has 20 heavy (non-hydrogen) atoms. The second-order valence-corrected chi connectivity index (χ2v) is 5.55. The van der Waals surface area contributed by atoms with Crippen molar-refractivity contribution in [2.75, 3.05) is 36.5 Å². The number of hydrogen-bond donors (Lipinski definition) is 1. The average Bonchev–Trinajstić information content (AvgIpc) is 2.51. The van der Waals surface area contributed by atoms with E-state index in [0.29, 0.717) is 0 Å². The van der Waals surface area contributed by atoms with Crippen molar-refractivity contribution in [2.24, 2.45) is 0 Å². The summed E-state index contributed by atoms with van der Waals surface area (Å²) in [5.74, 6) is 0.840. The Kier molecular flexibility index (Phi) is 4.18. The molecular weight excluding hydrogens is 318 g/mol. The van der Waals surface area contributed by atoms with Crippen LogP contribution in [0.15, 0.2) is 47.1 Å². The van der Waals surface area contributed by atoms with Crippen molar-refractivity contribution in [3.63, 3.8) is 0 Å². The molecule has 4 nitrogen and oxygen atoms in total. The molecule has 2 aromatic rings. The molecule has 0 atom stereocenters. The highest BCUT2D eigenvalue weighted by atomic mass is 79.9. The largest absolute Gasteiger partial charge is 0.378 e. The zero-order chi connectivity index (χ0) is 13.8. The molecule has 1 N–H and O–H groups in total. The maximum Gasteiger partial charge on any atom is 0.130 e. The summed E-state index contributed by atoms with van der Waals surface area (Å²) in [6, 6.07) is 12.3. The third-order valence-electron chi connectivity index (χ3n) is 3.24. The van der Waals surface area contributed by atoms with Crippen LogP contribution in [-0.2, 0) is 4.74 Å². The van der Waals surface area contributed by atoms with Crippen molar-refractivity contribution in [3.8, 4) is 0 Å². The molecular formula is C15H16BrN3O. The Morgan fingerprint density at radius 2 is 1.80 bits per heavy atom. The quantitative estimate of drug-likeness (QED) is 0.933. The van der Waals surface area contributed by atoms with Crippen molar-refractivity contribution < 1.29 is 4.74 Å². The first-order chi connectivity index (χ1) is 9.81. The molecule has 1 saturated heterocycles. The van der Waals surface area contributed by atoms with Crippen LogP contribution in [0.2, 0.25) is 0 Å². The van der Waals surface area contributed by atoms with Gasteiger partial charge in [-0.25, -0.2) is 4.98 Å². The highest BCUT2D eigenvalue weighted by Gasteiger charge is 2.10. The van der Waals surface area contributed by atoms with E-state index in [9.17, 15) is 0 Å². The number of rotatable bonds is 3. The first kappa shape index (κ1) is 13.4. The van der Waals surface area contributed by atoms with E-state index >= 15 is 0 Å². The standard InChI is InChI=1S/C15H16BrN3O/c16-12-1-6-15(17-11-12)18-13-2-4-14(5-3-13)19-7-9-20-10-8-19/h1-6,11H,7-10H2,(H,17,18). The topological polar surface area (TPSA) is 37.4 Å². The maximum atomic E-state index is 5.37. The molecule has 1 aromatic heterocycles. The van der Waals surface area contributed by atoms with Crippen molar-refractivity contribution >= 4 is 33.1 Å². The molecule has 1 aliphatic heterocycles. The SMILES string of the molecule is Brc1ccc(Nc2ccc(N3CCOCC3)cc2)nc1. The van der Waals surface area contributed by atoms with Gasteiger partial charge in [0.25, 0.3) is 0 Å². The van der Waals surface area contributed by atoms with Gasteiger partial charge in [0, 0.05) is 35.1 Å². The Morgan fingerprint density at radius 1 is 1.05 bits per heavy atom. The summed E-state index contributed by atoms with van der Waals surface area (Å²) < 4.78 is 6.34. The Morgan fingerprint density at radius 3 is 2.45 bits per heavy atom. The van der Waals surface area contributed by atoms with Crippen molar-refractivity contribution in [3.05, 3.63) is 47.1 Å². The molecule has 0 bridgehead atoms. The lowest BCUT2D eigenvalue weighted by Crippen LogP contribution is -2.36. The lowest BCUT2D eigenvalue weighted by atomic mass is 10.2. The van der Waals surface area contributed by atoms with Crippen LogP contribution in [0.1, 0.15) is 0 Å². The predicted octanol–water partition coefficient (Wildman–Crippen LogP) is 3.42. The number of nitrogens with zero attached hydrogens (tertiary/aromatic N) is 2. The molecule has 1 aliphatic rings. The highest BCUT2D eigenvalue weighted by molar-refractivity contribution is 9.10. The molecule has 0 radical (unpaired) electrons. The summed E-state index contributed by atoms with van der Waals surface area (Å²) in [4.78, 5) is 6.64. The second-order valence-electron chi connectivity index (χ2n) is 4.63. The smallest absolute Gasteiger partial charge is 0.130 e. The van der Waals surface area contributed by atoms with Gasteiger partial charge >= 0.3 is 0 Å². The Balaban J connectivity index is 1.67. The van der Waals surface area contributed by atoms with Gasteiger partial charge in [0.2, 0.25) is 0 Å². The van der Waals surface area contributed by atoms with Crippen LogP contribution in [0.4, 0.5) is 17.2 Å². The first-order valence-corrected chi connectivity index (χ1v) is 7.42. The van der Waals surface area contributed by atoms with E-state index in [1.807, 2.05) is 12.1 Å². The molecule has 3 rings (SSSR count). The predicted molar refractivity (Wildman–Crippen MR) is 84.7 cm³/mol. The Bertz CT molecular complexity index is 550. The second kappa shape index (κ2) is 6.24. The van der Waals surface area contributed by atoms with Crippen LogP contribution in [0.3, 0.4) is 0 Å². The van der Waals surface area contributed by atoms with Gasteiger partial charge < -0.3 is 15.0 Å². The number of nitrogens with one attached hydrogen (secondary N) is 1. The third-order valence-corrected chi connectivity index (χ3v) is 3.71. The van der Waals surface area contributed by atoms with E-state index in [1.165, 1.54) is 5.69 Å². The fraction of sp³-hybridized carbons (Fsp3) is 0.267. The van der Waals surface area contributed by atoms with Crippen molar-refractivity contribution in [2.45, 2.75) is 0 Å². The van der Waals surface area contributed by atoms with Crippen molar-refractivity contribution in [1.29, 1.82) is 0 Å². The van der Waals surface area contributed by atoms with E-state index in [-0.39, 0.29) is 0 Å². The first-order valence-electron chi connectivity index (χ1n) is 6.62. The summed E-state index contributed by atoms with van der Waals surface area (Å²) in [6.07, 6.45) is 1.78. The normalized spacial score (nSPS) is 15.2. The molecule has 5 heteroatoms. The van der Waals surface area contributed by atoms with Crippen LogP contribution < -0.4 is 10.2 Å². The third kappa shape index (κ3) is 3.29. The molecule has 2 heterocycles. The highest BCUT2D eigenvalue weighted by Crippen LogP contribution is 2.21. The molecule has 0 saturated carbocycles. The minimum absolute atomic E-state index is 0.808. The van der Waals surface area contributed by atoms with Gasteiger partial charge in [-0.15, -0.1) is 0 Å². The van der Waals surface area contributed by atoms with E-state index in [2.05, 4.69) is 55.4 Å². The molecule has 0 spiro atoms. The summed E-state index contributed by atoms with van der Waals surface area (Å²) >= 11 is 3.38. The number of anilines is 3. The number of morpholine rings is 1. The molecule has 1 aromatic carbocycles. The number of benzene rings is 1. The molecule has 1 fully saturated rings. The monoisotopic (exact) mass is 333 g/mol. The fourth-order valence-electron chi connectivity index (χ4n) is 2.17. The minimum Gasteiger partial charge on any atom is -0.378 e. The van der Waals surface area contributed by atoms with Gasteiger partial charge in [-0.2, -0.15) is 0 Å².